The van der Waals surface area contributed by atoms with Gasteiger partial charge in [-0.1, -0.05) is 6.07 Å². The van der Waals surface area contributed by atoms with Crippen LogP contribution in [-0.2, 0) is 4.79 Å². The minimum Gasteiger partial charge on any atom is -0.493 e. The number of anilines is 1. The van der Waals surface area contributed by atoms with Crippen LogP contribution in [0.5, 0.6) is 5.75 Å². The Morgan fingerprint density at radius 2 is 2.04 bits per heavy atom. The van der Waals surface area contributed by atoms with Crippen molar-refractivity contribution in [2.24, 2.45) is 0 Å². The van der Waals surface area contributed by atoms with E-state index in [1.807, 2.05) is 52.8 Å². The summed E-state index contributed by atoms with van der Waals surface area (Å²) in [7, 11) is 0. The summed E-state index contributed by atoms with van der Waals surface area (Å²) >= 11 is 0. The van der Waals surface area contributed by atoms with E-state index in [1.165, 1.54) is 0 Å². The number of amides is 1. The van der Waals surface area contributed by atoms with E-state index in [0.29, 0.717) is 18.2 Å². The van der Waals surface area contributed by atoms with Crippen LogP contribution >= 0.6 is 0 Å². The number of carbonyl (C=O) groups excluding carboxylic acids is 1. The number of aromatic nitrogens is 1. The number of nitrogens with one attached hydrogen (secondary N) is 1. The van der Waals surface area contributed by atoms with E-state index in [-0.39, 0.29) is 5.91 Å². The third kappa shape index (κ3) is 4.03. The minimum absolute atomic E-state index is 0.230. The van der Waals surface area contributed by atoms with Crippen molar-refractivity contribution in [2.45, 2.75) is 34.6 Å². The van der Waals surface area contributed by atoms with Crippen molar-refractivity contribution in [3.8, 4) is 5.75 Å². The number of carbonyl (C=O) groups is 1. The lowest BCUT2D eigenvalue weighted by molar-refractivity contribution is -0.111. The number of hydrogen-bond donors (Lipinski definition) is 1. The number of hydrogen-bond acceptors (Lipinski definition) is 4. The summed E-state index contributed by atoms with van der Waals surface area (Å²) in [4.78, 5) is 16.6. The van der Waals surface area contributed by atoms with Crippen LogP contribution < -0.4 is 10.1 Å². The summed E-state index contributed by atoms with van der Waals surface area (Å²) in [5.74, 6) is 1.88. The summed E-state index contributed by atoms with van der Waals surface area (Å²) < 4.78 is 11.6. The lowest BCUT2D eigenvalue weighted by atomic mass is 10.0. The highest BCUT2D eigenvalue weighted by atomic mass is 16.5. The first kappa shape index (κ1) is 18.7. The van der Waals surface area contributed by atoms with Crippen molar-refractivity contribution in [3.05, 3.63) is 59.0 Å². The summed E-state index contributed by atoms with van der Waals surface area (Å²) in [5, 5.41) is 3.82. The predicted molar refractivity (Wildman–Crippen MR) is 108 cm³/mol. The second-order valence-corrected chi connectivity index (χ2v) is 6.60. The Bertz CT molecular complexity index is 1010. The van der Waals surface area contributed by atoms with Crippen molar-refractivity contribution in [1.82, 2.24) is 4.98 Å². The van der Waals surface area contributed by atoms with Crippen LogP contribution in [-0.4, -0.2) is 17.5 Å². The average molecular weight is 364 g/mol. The van der Waals surface area contributed by atoms with Gasteiger partial charge < -0.3 is 14.5 Å². The molecule has 0 saturated carbocycles. The first-order valence-electron chi connectivity index (χ1n) is 8.98. The molecule has 0 radical (unpaired) electrons. The van der Waals surface area contributed by atoms with Gasteiger partial charge in [0, 0.05) is 29.3 Å². The van der Waals surface area contributed by atoms with E-state index in [1.54, 1.807) is 18.3 Å². The molecule has 0 unspecified atom stereocenters. The maximum absolute atomic E-state index is 12.4. The first-order valence-corrected chi connectivity index (χ1v) is 8.98. The van der Waals surface area contributed by atoms with E-state index in [4.69, 9.17) is 9.15 Å². The summed E-state index contributed by atoms with van der Waals surface area (Å²) in [6.07, 6.45) is 3.28. The van der Waals surface area contributed by atoms with Gasteiger partial charge in [-0.05, 0) is 63.5 Å². The Morgan fingerprint density at radius 1 is 1.26 bits per heavy atom. The molecule has 2 heterocycles. The average Bonchev–Trinajstić information content (AvgIpc) is 2.90. The molecule has 0 aliphatic carbocycles. The molecule has 0 saturated heterocycles. The van der Waals surface area contributed by atoms with Gasteiger partial charge in [0.05, 0.1) is 6.61 Å². The quantitative estimate of drug-likeness (QED) is 0.633. The van der Waals surface area contributed by atoms with E-state index in [2.05, 4.69) is 10.3 Å². The van der Waals surface area contributed by atoms with Gasteiger partial charge in [0.15, 0.2) is 0 Å². The van der Waals surface area contributed by atoms with Crippen LogP contribution in [0.25, 0.3) is 16.5 Å². The Kier molecular flexibility index (Phi) is 5.31. The SMILES string of the molecule is CCOc1cc2oc(C)c(C)c2cc1/C(C)=C/C(=O)Nc1ccc(C)cn1. The summed E-state index contributed by atoms with van der Waals surface area (Å²) in [6, 6.07) is 7.61. The number of allylic oxidation sites excluding steroid dienone is 1. The molecule has 0 fully saturated rings. The van der Waals surface area contributed by atoms with Crippen LogP contribution in [0.15, 0.2) is 41.0 Å². The fourth-order valence-electron chi connectivity index (χ4n) is 2.93. The molecule has 5 heteroatoms. The summed E-state index contributed by atoms with van der Waals surface area (Å²) in [6.45, 7) is 10.3. The molecule has 0 bridgehead atoms. The molecule has 3 aromatic rings. The zero-order valence-corrected chi connectivity index (χ0v) is 16.3. The van der Waals surface area contributed by atoms with Crippen LogP contribution in [0, 0.1) is 20.8 Å². The van der Waals surface area contributed by atoms with Crippen LogP contribution in [0.4, 0.5) is 5.82 Å². The Balaban J connectivity index is 1.94. The number of furan rings is 1. The lowest BCUT2D eigenvalue weighted by Crippen LogP contribution is -2.10. The van der Waals surface area contributed by atoms with Gasteiger partial charge in [0.25, 0.3) is 0 Å². The van der Waals surface area contributed by atoms with Crippen LogP contribution in [0.3, 0.4) is 0 Å². The van der Waals surface area contributed by atoms with Gasteiger partial charge in [-0.15, -0.1) is 0 Å². The van der Waals surface area contributed by atoms with Gasteiger partial charge in [0.1, 0.15) is 22.9 Å². The molecule has 5 nitrogen and oxygen atoms in total. The van der Waals surface area contributed by atoms with E-state index in [0.717, 1.165) is 39.0 Å². The molecule has 1 N–H and O–H groups in total. The van der Waals surface area contributed by atoms with Gasteiger partial charge in [-0.3, -0.25) is 4.79 Å². The van der Waals surface area contributed by atoms with E-state index in [9.17, 15) is 4.79 Å². The van der Waals surface area contributed by atoms with Crippen LogP contribution in [0.1, 0.15) is 36.3 Å². The van der Waals surface area contributed by atoms with Crippen molar-refractivity contribution >= 4 is 28.3 Å². The van der Waals surface area contributed by atoms with Crippen molar-refractivity contribution in [2.75, 3.05) is 11.9 Å². The number of ether oxygens (including phenoxy) is 1. The summed E-state index contributed by atoms with van der Waals surface area (Å²) in [5.41, 5.74) is 4.61. The zero-order valence-electron chi connectivity index (χ0n) is 16.3. The normalized spacial score (nSPS) is 11.7. The molecule has 140 valence electrons. The van der Waals surface area contributed by atoms with Gasteiger partial charge >= 0.3 is 0 Å². The minimum atomic E-state index is -0.230. The monoisotopic (exact) mass is 364 g/mol. The lowest BCUT2D eigenvalue weighted by Gasteiger charge is -2.11. The largest absolute Gasteiger partial charge is 0.493 e. The molecule has 1 aromatic carbocycles. The standard InChI is InChI=1S/C22H24N2O3/c1-6-26-19-11-20-18(15(4)16(5)27-20)10-17(19)14(3)9-22(25)24-21-8-7-13(2)12-23-21/h7-12H,6H2,1-5H3,(H,23,24,25)/b14-9+. The topological polar surface area (TPSA) is 64.4 Å². The second-order valence-electron chi connectivity index (χ2n) is 6.60. The molecule has 2 aromatic heterocycles. The second kappa shape index (κ2) is 7.66. The molecular weight excluding hydrogens is 340 g/mol. The smallest absolute Gasteiger partial charge is 0.249 e. The third-order valence-corrected chi connectivity index (χ3v) is 4.51. The molecule has 27 heavy (non-hydrogen) atoms. The molecule has 0 aliphatic rings. The van der Waals surface area contributed by atoms with Crippen molar-refractivity contribution < 1.29 is 13.9 Å². The highest BCUT2D eigenvalue weighted by Gasteiger charge is 2.14. The highest BCUT2D eigenvalue weighted by molar-refractivity contribution is 6.04. The fraction of sp³-hybridized carbons (Fsp3) is 0.273. The maximum atomic E-state index is 12.4. The molecule has 0 aliphatic heterocycles. The number of pyridine rings is 1. The van der Waals surface area contributed by atoms with Crippen LogP contribution in [0.2, 0.25) is 0 Å². The Hall–Kier alpha value is -3.08. The molecular formula is C22H24N2O3. The third-order valence-electron chi connectivity index (χ3n) is 4.51. The van der Waals surface area contributed by atoms with Gasteiger partial charge in [0.2, 0.25) is 5.91 Å². The van der Waals surface area contributed by atoms with Crippen molar-refractivity contribution in [1.29, 1.82) is 0 Å². The molecule has 3 rings (SSSR count). The number of nitrogens with zero attached hydrogens (tertiary/aromatic N) is 1. The molecule has 0 spiro atoms. The number of rotatable bonds is 5. The zero-order chi connectivity index (χ0) is 19.6. The van der Waals surface area contributed by atoms with Crippen molar-refractivity contribution in [3.63, 3.8) is 0 Å². The van der Waals surface area contributed by atoms with E-state index < -0.39 is 0 Å². The maximum Gasteiger partial charge on any atom is 0.249 e. The van der Waals surface area contributed by atoms with E-state index >= 15 is 0 Å². The number of aryl methyl sites for hydroxylation is 3. The Labute approximate surface area is 159 Å². The Morgan fingerprint density at radius 3 is 2.70 bits per heavy atom. The highest BCUT2D eigenvalue weighted by Crippen LogP contribution is 2.35. The molecule has 1 amide bonds. The molecule has 0 atom stereocenters. The first-order chi connectivity index (χ1) is 12.9. The number of fused-ring (bicyclic) bond motifs is 1. The fourth-order valence-corrected chi connectivity index (χ4v) is 2.93. The van der Waals surface area contributed by atoms with Gasteiger partial charge in [-0.25, -0.2) is 4.98 Å². The predicted octanol–water partition coefficient (Wildman–Crippen LogP) is 5.19. The number of benzene rings is 1. The van der Waals surface area contributed by atoms with Gasteiger partial charge in [-0.2, -0.15) is 0 Å².